The summed E-state index contributed by atoms with van der Waals surface area (Å²) in [7, 11) is 0. The molecule has 0 N–H and O–H groups in total. The Bertz CT molecular complexity index is 321. The number of rotatable bonds is 1. The van der Waals surface area contributed by atoms with Gasteiger partial charge >= 0.3 is 0 Å². The fraction of sp³-hybridized carbons (Fsp3) is 0. The van der Waals surface area contributed by atoms with Crippen molar-refractivity contribution in [3.8, 4) is 0 Å². The van der Waals surface area contributed by atoms with Crippen molar-refractivity contribution in [1.82, 2.24) is 0 Å². The summed E-state index contributed by atoms with van der Waals surface area (Å²) >= 11 is 4.77. The maximum Gasteiger partial charge on any atom is 0.273 e. The average molecular weight is 346 g/mol. The molecule has 0 amide bonds. The molecule has 0 saturated heterocycles. The summed E-state index contributed by atoms with van der Waals surface area (Å²) in [5, 5.41) is 10.2. The lowest BCUT2D eigenvalue weighted by Crippen LogP contribution is -1.91. The molecule has 1 rings (SSSR count). The van der Waals surface area contributed by atoms with E-state index in [1.807, 2.05) is 22.6 Å². The lowest BCUT2D eigenvalue weighted by atomic mass is 10.3. The SMILES string of the molecule is O=[N+]([O-])c1cc(F)c(Br)c(I)c1. The molecule has 1 aromatic carbocycles. The Balaban J connectivity index is 3.31. The van der Waals surface area contributed by atoms with Crippen LogP contribution in [0.4, 0.5) is 10.1 Å². The van der Waals surface area contributed by atoms with E-state index in [0.29, 0.717) is 3.57 Å². The molecule has 0 aliphatic heterocycles. The zero-order chi connectivity index (χ0) is 9.30. The van der Waals surface area contributed by atoms with Crippen LogP contribution in [0.1, 0.15) is 0 Å². The van der Waals surface area contributed by atoms with Gasteiger partial charge < -0.3 is 0 Å². The summed E-state index contributed by atoms with van der Waals surface area (Å²) in [5.74, 6) is -0.617. The van der Waals surface area contributed by atoms with Gasteiger partial charge in [0, 0.05) is 9.64 Å². The Morgan fingerprint density at radius 1 is 1.58 bits per heavy atom. The standard InChI is InChI=1S/C6H2BrFINO2/c7-6-4(8)1-3(10(11)12)2-5(6)9/h1-2H. The lowest BCUT2D eigenvalue weighted by Gasteiger charge is -1.97. The lowest BCUT2D eigenvalue weighted by molar-refractivity contribution is -0.385. The summed E-state index contributed by atoms with van der Waals surface area (Å²) in [4.78, 5) is 9.61. The van der Waals surface area contributed by atoms with Crippen molar-refractivity contribution in [2.24, 2.45) is 0 Å². The van der Waals surface area contributed by atoms with E-state index in [2.05, 4.69) is 15.9 Å². The molecule has 1 aromatic rings. The number of halogens is 3. The topological polar surface area (TPSA) is 43.1 Å². The quantitative estimate of drug-likeness (QED) is 0.340. The Labute approximate surface area is 89.4 Å². The van der Waals surface area contributed by atoms with Gasteiger partial charge in [-0.1, -0.05) is 0 Å². The number of non-ortho nitro benzene ring substituents is 1. The van der Waals surface area contributed by atoms with Crippen molar-refractivity contribution >= 4 is 44.2 Å². The minimum Gasteiger partial charge on any atom is -0.258 e. The van der Waals surface area contributed by atoms with Crippen molar-refractivity contribution in [3.63, 3.8) is 0 Å². The van der Waals surface area contributed by atoms with Crippen LogP contribution >= 0.6 is 38.5 Å². The predicted octanol–water partition coefficient (Wildman–Crippen LogP) is 3.10. The summed E-state index contributed by atoms with van der Waals surface area (Å²) in [6.07, 6.45) is 0. The third-order valence-corrected chi connectivity index (χ3v) is 3.58. The molecule has 0 aliphatic carbocycles. The largest absolute Gasteiger partial charge is 0.273 e. The summed E-state index contributed by atoms with van der Waals surface area (Å²) in [6, 6.07) is 2.18. The van der Waals surface area contributed by atoms with Crippen LogP contribution in [0, 0.1) is 19.5 Å². The van der Waals surface area contributed by atoms with E-state index in [0.717, 1.165) is 6.07 Å². The number of nitro groups is 1. The third-order valence-electron chi connectivity index (χ3n) is 1.18. The number of nitro benzene ring substituents is 1. The molecule has 3 nitrogen and oxygen atoms in total. The normalized spacial score (nSPS) is 9.92. The molecule has 0 radical (unpaired) electrons. The number of hydrogen-bond donors (Lipinski definition) is 0. The van der Waals surface area contributed by atoms with Gasteiger partial charge in [-0.25, -0.2) is 4.39 Å². The van der Waals surface area contributed by atoms with Crippen molar-refractivity contribution in [1.29, 1.82) is 0 Å². The zero-order valence-electron chi connectivity index (χ0n) is 5.55. The van der Waals surface area contributed by atoms with E-state index in [4.69, 9.17) is 0 Å². The fourth-order valence-corrected chi connectivity index (χ4v) is 1.45. The Kier molecular flexibility index (Phi) is 2.99. The predicted molar refractivity (Wildman–Crippen MR) is 53.5 cm³/mol. The van der Waals surface area contributed by atoms with Crippen molar-refractivity contribution in [2.45, 2.75) is 0 Å². The van der Waals surface area contributed by atoms with Crippen LogP contribution in [-0.2, 0) is 0 Å². The molecule has 0 atom stereocenters. The number of nitrogens with zero attached hydrogens (tertiary/aromatic N) is 1. The molecule has 0 aliphatic rings. The third kappa shape index (κ3) is 1.92. The first-order valence-corrected chi connectivity index (χ1v) is 4.68. The first-order valence-electron chi connectivity index (χ1n) is 2.81. The summed E-state index contributed by atoms with van der Waals surface area (Å²) in [5.41, 5.74) is -0.236. The minimum atomic E-state index is -0.627. The first kappa shape index (κ1) is 9.85. The molecule has 6 heteroatoms. The van der Waals surface area contributed by atoms with Crippen LogP contribution in [0.5, 0.6) is 0 Å². The second-order valence-corrected chi connectivity index (χ2v) is 3.94. The highest BCUT2D eigenvalue weighted by molar-refractivity contribution is 14.1. The van der Waals surface area contributed by atoms with Gasteiger partial charge in [-0.2, -0.15) is 0 Å². The van der Waals surface area contributed by atoms with Gasteiger partial charge in [-0.15, -0.1) is 0 Å². The summed E-state index contributed by atoms with van der Waals surface area (Å²) < 4.78 is 13.6. The van der Waals surface area contributed by atoms with E-state index in [-0.39, 0.29) is 10.2 Å². The van der Waals surface area contributed by atoms with E-state index in [1.165, 1.54) is 6.07 Å². The van der Waals surface area contributed by atoms with Gasteiger partial charge in [0.15, 0.2) is 0 Å². The zero-order valence-corrected chi connectivity index (χ0v) is 9.30. The van der Waals surface area contributed by atoms with Crippen molar-refractivity contribution in [3.05, 3.63) is 36.1 Å². The van der Waals surface area contributed by atoms with Crippen LogP contribution in [-0.4, -0.2) is 4.92 Å². The highest BCUT2D eigenvalue weighted by atomic mass is 127. The summed E-state index contributed by atoms with van der Waals surface area (Å²) in [6.45, 7) is 0. The first-order chi connectivity index (χ1) is 5.52. The van der Waals surface area contributed by atoms with Crippen LogP contribution in [0.2, 0.25) is 0 Å². The molecule has 0 spiro atoms. The van der Waals surface area contributed by atoms with Gasteiger partial charge in [-0.05, 0) is 38.5 Å². The Morgan fingerprint density at radius 2 is 2.17 bits per heavy atom. The van der Waals surface area contributed by atoms with Gasteiger partial charge in [0.1, 0.15) is 5.82 Å². The fourth-order valence-electron chi connectivity index (χ4n) is 0.648. The maximum absolute atomic E-state index is 12.8. The Hall–Kier alpha value is -0.240. The second-order valence-electron chi connectivity index (χ2n) is 1.98. The molecule has 12 heavy (non-hydrogen) atoms. The maximum atomic E-state index is 12.8. The van der Waals surface area contributed by atoms with Gasteiger partial charge in [-0.3, -0.25) is 10.1 Å². The van der Waals surface area contributed by atoms with E-state index < -0.39 is 10.7 Å². The van der Waals surface area contributed by atoms with Crippen LogP contribution in [0.3, 0.4) is 0 Å². The average Bonchev–Trinajstić information content (AvgIpc) is 1.99. The van der Waals surface area contributed by atoms with Crippen LogP contribution < -0.4 is 0 Å². The molecule has 0 fully saturated rings. The van der Waals surface area contributed by atoms with Crippen molar-refractivity contribution < 1.29 is 9.31 Å². The van der Waals surface area contributed by atoms with Crippen LogP contribution in [0.25, 0.3) is 0 Å². The van der Waals surface area contributed by atoms with Gasteiger partial charge in [0.25, 0.3) is 5.69 Å². The van der Waals surface area contributed by atoms with E-state index >= 15 is 0 Å². The molecule has 0 aromatic heterocycles. The number of hydrogen-bond acceptors (Lipinski definition) is 2. The molecule has 64 valence electrons. The van der Waals surface area contributed by atoms with E-state index in [1.54, 1.807) is 0 Å². The monoisotopic (exact) mass is 345 g/mol. The number of benzene rings is 1. The Morgan fingerprint density at radius 3 is 2.58 bits per heavy atom. The highest BCUT2D eigenvalue weighted by Gasteiger charge is 2.12. The molecule has 0 heterocycles. The van der Waals surface area contributed by atoms with Gasteiger partial charge in [0.05, 0.1) is 15.5 Å². The minimum absolute atomic E-state index is 0.236. The molecular weight excluding hydrogens is 344 g/mol. The van der Waals surface area contributed by atoms with Gasteiger partial charge in [0.2, 0.25) is 0 Å². The highest BCUT2D eigenvalue weighted by Crippen LogP contribution is 2.27. The molecule has 0 bridgehead atoms. The molecular formula is C6H2BrFINO2. The van der Waals surface area contributed by atoms with Crippen LogP contribution in [0.15, 0.2) is 16.6 Å². The smallest absolute Gasteiger partial charge is 0.258 e. The van der Waals surface area contributed by atoms with Crippen molar-refractivity contribution in [2.75, 3.05) is 0 Å². The molecule has 0 saturated carbocycles. The van der Waals surface area contributed by atoms with E-state index in [9.17, 15) is 14.5 Å². The molecule has 0 unspecified atom stereocenters. The second kappa shape index (κ2) is 3.65.